The number of nitrogens with one attached hydrogen (secondary N) is 1. The maximum atomic E-state index is 5.60. The number of methoxy groups -OCH3 is 1. The molecule has 3 fully saturated rings. The lowest BCUT2D eigenvalue weighted by Gasteiger charge is -2.43. The molecule has 3 heterocycles. The quantitative estimate of drug-likeness (QED) is 0.906. The SMILES string of the molecule is COCC1CN(C2CCC2)CC12CCN(Cc1ccc[nH]1)CC2. The van der Waals surface area contributed by atoms with Crippen LogP contribution in [0.25, 0.3) is 0 Å². The van der Waals surface area contributed by atoms with Gasteiger partial charge in [0.15, 0.2) is 0 Å². The number of H-pyrrole nitrogens is 1. The van der Waals surface area contributed by atoms with Gasteiger partial charge in [-0.2, -0.15) is 0 Å². The molecule has 1 N–H and O–H groups in total. The highest BCUT2D eigenvalue weighted by molar-refractivity contribution is 5.05. The van der Waals surface area contributed by atoms with Gasteiger partial charge in [0.25, 0.3) is 0 Å². The molecule has 0 aromatic carbocycles. The second kappa shape index (κ2) is 6.58. The molecule has 3 aliphatic rings. The second-order valence-electron chi connectivity index (χ2n) is 8.00. The lowest BCUT2D eigenvalue weighted by molar-refractivity contribution is 0.0333. The average Bonchev–Trinajstić information content (AvgIpc) is 3.10. The zero-order valence-corrected chi connectivity index (χ0v) is 14.5. The minimum Gasteiger partial charge on any atom is -0.384 e. The molecule has 2 aliphatic heterocycles. The average molecular weight is 317 g/mol. The van der Waals surface area contributed by atoms with Gasteiger partial charge >= 0.3 is 0 Å². The van der Waals surface area contributed by atoms with Crippen molar-refractivity contribution in [2.24, 2.45) is 11.3 Å². The van der Waals surface area contributed by atoms with Gasteiger partial charge in [0.2, 0.25) is 0 Å². The summed E-state index contributed by atoms with van der Waals surface area (Å²) in [4.78, 5) is 8.76. The van der Waals surface area contributed by atoms with Crippen molar-refractivity contribution in [1.82, 2.24) is 14.8 Å². The Balaban J connectivity index is 1.38. The molecule has 2 saturated heterocycles. The standard InChI is InChI=1S/C19H31N3O/c1-23-14-16-12-22(18-5-2-6-18)15-19(16)7-10-21(11-8-19)13-17-4-3-9-20-17/h3-4,9,16,18,20H,2,5-8,10-15H2,1H3. The maximum Gasteiger partial charge on any atom is 0.0508 e. The van der Waals surface area contributed by atoms with Crippen LogP contribution in [0.15, 0.2) is 18.3 Å². The zero-order valence-electron chi connectivity index (χ0n) is 14.5. The van der Waals surface area contributed by atoms with E-state index in [0.29, 0.717) is 5.41 Å². The van der Waals surface area contributed by atoms with Gasteiger partial charge in [-0.3, -0.25) is 9.80 Å². The molecule has 0 amide bonds. The van der Waals surface area contributed by atoms with Gasteiger partial charge in [-0.1, -0.05) is 6.42 Å². The van der Waals surface area contributed by atoms with Gasteiger partial charge in [-0.05, 0) is 56.3 Å². The van der Waals surface area contributed by atoms with Crippen LogP contribution >= 0.6 is 0 Å². The molecular formula is C19H31N3O. The van der Waals surface area contributed by atoms with Crippen molar-refractivity contribution >= 4 is 0 Å². The number of piperidine rings is 1. The van der Waals surface area contributed by atoms with Crippen LogP contribution in [0.2, 0.25) is 0 Å². The molecule has 4 rings (SSSR count). The molecule has 128 valence electrons. The minimum atomic E-state index is 0.512. The van der Waals surface area contributed by atoms with Crippen LogP contribution in [0, 0.1) is 11.3 Å². The number of hydrogen-bond acceptors (Lipinski definition) is 3. The predicted octanol–water partition coefficient (Wildman–Crippen LogP) is 2.73. The smallest absolute Gasteiger partial charge is 0.0508 e. The van der Waals surface area contributed by atoms with Gasteiger partial charge in [-0.15, -0.1) is 0 Å². The third-order valence-corrected chi connectivity index (χ3v) is 6.71. The number of nitrogens with zero attached hydrogens (tertiary/aromatic N) is 2. The van der Waals surface area contributed by atoms with Crippen molar-refractivity contribution in [3.63, 3.8) is 0 Å². The van der Waals surface area contributed by atoms with Crippen LogP contribution < -0.4 is 0 Å². The normalized spacial score (nSPS) is 29.2. The third kappa shape index (κ3) is 3.09. The number of rotatable bonds is 5. The Morgan fingerprint density at radius 2 is 2.13 bits per heavy atom. The number of aromatic amines is 1. The van der Waals surface area contributed by atoms with E-state index in [4.69, 9.17) is 4.74 Å². The van der Waals surface area contributed by atoms with Crippen LogP contribution in [0.1, 0.15) is 37.8 Å². The molecule has 4 heteroatoms. The van der Waals surface area contributed by atoms with Crippen molar-refractivity contribution in [2.75, 3.05) is 39.9 Å². The van der Waals surface area contributed by atoms with Gasteiger partial charge < -0.3 is 9.72 Å². The minimum absolute atomic E-state index is 0.512. The zero-order chi connectivity index (χ0) is 15.7. The van der Waals surface area contributed by atoms with E-state index < -0.39 is 0 Å². The van der Waals surface area contributed by atoms with Gasteiger partial charge in [0, 0.05) is 50.6 Å². The number of hydrogen-bond donors (Lipinski definition) is 1. The first-order valence-corrected chi connectivity index (χ1v) is 9.37. The van der Waals surface area contributed by atoms with Gasteiger partial charge in [0.05, 0.1) is 6.61 Å². The van der Waals surface area contributed by atoms with Crippen molar-refractivity contribution in [1.29, 1.82) is 0 Å². The summed E-state index contributed by atoms with van der Waals surface area (Å²) in [5, 5.41) is 0. The van der Waals surface area contributed by atoms with E-state index in [0.717, 1.165) is 25.1 Å². The Kier molecular flexibility index (Phi) is 4.48. The largest absolute Gasteiger partial charge is 0.384 e. The summed E-state index contributed by atoms with van der Waals surface area (Å²) in [6.07, 6.45) is 9.00. The highest BCUT2D eigenvalue weighted by Gasteiger charge is 2.49. The van der Waals surface area contributed by atoms with Crippen molar-refractivity contribution in [2.45, 2.75) is 44.7 Å². The second-order valence-corrected chi connectivity index (χ2v) is 8.00. The molecule has 1 aromatic heterocycles. The van der Waals surface area contributed by atoms with Crippen LogP contribution in [0.5, 0.6) is 0 Å². The maximum absolute atomic E-state index is 5.60. The molecule has 1 spiro atoms. The number of ether oxygens (including phenoxy) is 1. The van der Waals surface area contributed by atoms with Gasteiger partial charge in [-0.25, -0.2) is 0 Å². The number of likely N-dealkylation sites (tertiary alicyclic amines) is 2. The topological polar surface area (TPSA) is 31.5 Å². The summed E-state index contributed by atoms with van der Waals surface area (Å²) >= 11 is 0. The summed E-state index contributed by atoms with van der Waals surface area (Å²) in [5.74, 6) is 0.737. The van der Waals surface area contributed by atoms with E-state index in [1.54, 1.807) is 0 Å². The monoisotopic (exact) mass is 317 g/mol. The van der Waals surface area contributed by atoms with Crippen molar-refractivity contribution < 1.29 is 4.74 Å². The highest BCUT2D eigenvalue weighted by Crippen LogP contribution is 2.47. The summed E-state index contributed by atoms with van der Waals surface area (Å²) in [7, 11) is 1.88. The van der Waals surface area contributed by atoms with Crippen LogP contribution in [-0.4, -0.2) is 60.7 Å². The third-order valence-electron chi connectivity index (χ3n) is 6.71. The first-order valence-electron chi connectivity index (χ1n) is 9.37. The van der Waals surface area contributed by atoms with E-state index >= 15 is 0 Å². The Morgan fingerprint density at radius 1 is 1.30 bits per heavy atom. The first kappa shape index (κ1) is 15.7. The summed E-state index contributed by atoms with van der Waals surface area (Å²) in [5.41, 5.74) is 1.86. The van der Waals surface area contributed by atoms with Crippen LogP contribution in [-0.2, 0) is 11.3 Å². The highest BCUT2D eigenvalue weighted by atomic mass is 16.5. The molecule has 4 nitrogen and oxygen atoms in total. The molecule has 1 saturated carbocycles. The fourth-order valence-corrected chi connectivity index (χ4v) is 4.97. The van der Waals surface area contributed by atoms with E-state index in [1.165, 1.54) is 64.0 Å². The molecule has 1 aromatic rings. The number of aromatic nitrogens is 1. The summed E-state index contributed by atoms with van der Waals surface area (Å²) in [6.45, 7) is 7.08. The lowest BCUT2D eigenvalue weighted by Crippen LogP contribution is -2.45. The fourth-order valence-electron chi connectivity index (χ4n) is 4.97. The van der Waals surface area contributed by atoms with E-state index in [9.17, 15) is 0 Å². The van der Waals surface area contributed by atoms with E-state index in [1.807, 2.05) is 13.3 Å². The molecule has 23 heavy (non-hydrogen) atoms. The Bertz CT molecular complexity index is 489. The summed E-state index contributed by atoms with van der Waals surface area (Å²) in [6, 6.07) is 5.18. The molecule has 1 atom stereocenters. The van der Waals surface area contributed by atoms with Crippen molar-refractivity contribution in [3.8, 4) is 0 Å². The Hall–Kier alpha value is -0.840. The Labute approximate surface area is 140 Å². The molecular weight excluding hydrogens is 286 g/mol. The lowest BCUT2D eigenvalue weighted by atomic mass is 9.71. The molecule has 1 unspecified atom stereocenters. The van der Waals surface area contributed by atoms with E-state index in [-0.39, 0.29) is 0 Å². The first-order chi connectivity index (χ1) is 11.3. The van der Waals surface area contributed by atoms with Crippen LogP contribution in [0.4, 0.5) is 0 Å². The fraction of sp³-hybridized carbons (Fsp3) is 0.789. The summed E-state index contributed by atoms with van der Waals surface area (Å²) < 4.78 is 5.60. The molecule has 0 bridgehead atoms. The predicted molar refractivity (Wildman–Crippen MR) is 92.3 cm³/mol. The molecule has 0 radical (unpaired) electrons. The van der Waals surface area contributed by atoms with Crippen LogP contribution in [0.3, 0.4) is 0 Å². The van der Waals surface area contributed by atoms with E-state index in [2.05, 4.69) is 26.9 Å². The Morgan fingerprint density at radius 3 is 2.74 bits per heavy atom. The van der Waals surface area contributed by atoms with Crippen molar-refractivity contribution in [3.05, 3.63) is 24.0 Å². The van der Waals surface area contributed by atoms with Gasteiger partial charge in [0.1, 0.15) is 0 Å². The molecule has 1 aliphatic carbocycles.